The molecule has 0 aliphatic heterocycles. The number of para-hydroxylation sites is 2. The quantitative estimate of drug-likeness (QED) is 0.428. The molecular weight excluding hydrogens is 436 g/mol. The molecule has 1 heterocycles. The molecular formula is C25H30N4O3S. The van der Waals surface area contributed by atoms with E-state index in [2.05, 4.69) is 15.6 Å². The van der Waals surface area contributed by atoms with Gasteiger partial charge in [-0.15, -0.1) is 11.3 Å². The second kappa shape index (κ2) is 12.0. The van der Waals surface area contributed by atoms with E-state index in [-0.39, 0.29) is 18.2 Å². The molecule has 0 fully saturated rings. The van der Waals surface area contributed by atoms with Crippen LogP contribution in [0.3, 0.4) is 0 Å². The van der Waals surface area contributed by atoms with Crippen molar-refractivity contribution in [1.29, 1.82) is 0 Å². The summed E-state index contributed by atoms with van der Waals surface area (Å²) in [5, 5.41) is 8.45. The molecule has 0 radical (unpaired) electrons. The maximum atomic E-state index is 13.3. The van der Waals surface area contributed by atoms with Crippen LogP contribution in [0.5, 0.6) is 5.75 Å². The van der Waals surface area contributed by atoms with Crippen molar-refractivity contribution < 1.29 is 14.3 Å². The Balaban J connectivity index is 1.71. The maximum absolute atomic E-state index is 13.3. The molecule has 3 aromatic rings. The number of anilines is 2. The van der Waals surface area contributed by atoms with Gasteiger partial charge in [0.05, 0.1) is 12.8 Å². The second-order valence-corrected chi connectivity index (χ2v) is 8.88. The molecule has 0 spiro atoms. The summed E-state index contributed by atoms with van der Waals surface area (Å²) in [4.78, 5) is 31.7. The normalized spacial score (nSPS) is 10.7. The van der Waals surface area contributed by atoms with E-state index < -0.39 is 0 Å². The number of aromatic nitrogens is 1. The van der Waals surface area contributed by atoms with Crippen molar-refractivity contribution in [3.63, 3.8) is 0 Å². The van der Waals surface area contributed by atoms with Gasteiger partial charge in [-0.05, 0) is 23.6 Å². The maximum Gasteiger partial charge on any atom is 0.273 e. The summed E-state index contributed by atoms with van der Waals surface area (Å²) in [5.74, 6) is 0.796. The van der Waals surface area contributed by atoms with E-state index in [1.54, 1.807) is 17.4 Å². The van der Waals surface area contributed by atoms with E-state index in [1.807, 2.05) is 68.4 Å². The van der Waals surface area contributed by atoms with E-state index >= 15 is 0 Å². The molecule has 0 aliphatic carbocycles. The molecule has 8 heteroatoms. The molecule has 0 saturated heterocycles. The van der Waals surface area contributed by atoms with Crippen LogP contribution in [0.15, 0.2) is 60.0 Å². The van der Waals surface area contributed by atoms with Crippen molar-refractivity contribution in [2.45, 2.75) is 26.8 Å². The van der Waals surface area contributed by atoms with Gasteiger partial charge in [-0.3, -0.25) is 9.59 Å². The molecule has 2 amide bonds. The van der Waals surface area contributed by atoms with E-state index in [9.17, 15) is 9.59 Å². The number of amides is 2. The van der Waals surface area contributed by atoms with Crippen LogP contribution in [0.2, 0.25) is 0 Å². The van der Waals surface area contributed by atoms with Gasteiger partial charge in [0.15, 0.2) is 5.13 Å². The number of nitrogens with one attached hydrogen (secondary N) is 2. The molecule has 0 atom stereocenters. The number of nitrogens with zero attached hydrogens (tertiary/aromatic N) is 2. The Labute approximate surface area is 198 Å². The first-order valence-corrected chi connectivity index (χ1v) is 11.8. The molecule has 0 aliphatic rings. The highest BCUT2D eigenvalue weighted by molar-refractivity contribution is 7.14. The van der Waals surface area contributed by atoms with Gasteiger partial charge in [-0.2, -0.15) is 0 Å². The first-order valence-electron chi connectivity index (χ1n) is 10.9. The molecule has 0 bridgehead atoms. The molecule has 0 unspecified atom stereocenters. The average molecular weight is 467 g/mol. The number of rotatable bonds is 11. The summed E-state index contributed by atoms with van der Waals surface area (Å²) in [7, 11) is 1.61. The molecule has 0 saturated carbocycles. The number of methoxy groups -OCH3 is 1. The lowest BCUT2D eigenvalue weighted by molar-refractivity contribution is -0.121. The summed E-state index contributed by atoms with van der Waals surface area (Å²) in [6.45, 7) is 5.43. The van der Waals surface area contributed by atoms with Crippen LogP contribution >= 0.6 is 11.3 Å². The monoisotopic (exact) mass is 466 g/mol. The van der Waals surface area contributed by atoms with E-state index in [0.717, 1.165) is 11.3 Å². The number of carbonyl (C=O) groups excluding carboxylic acids is 2. The van der Waals surface area contributed by atoms with E-state index in [4.69, 9.17) is 4.74 Å². The number of thiazole rings is 1. The van der Waals surface area contributed by atoms with Crippen LogP contribution in [0.1, 0.15) is 36.3 Å². The zero-order chi connectivity index (χ0) is 23.6. The van der Waals surface area contributed by atoms with Gasteiger partial charge < -0.3 is 20.3 Å². The van der Waals surface area contributed by atoms with Crippen LogP contribution in [0, 0.1) is 5.92 Å². The summed E-state index contributed by atoms with van der Waals surface area (Å²) in [6.07, 6.45) is 0.238. The summed E-state index contributed by atoms with van der Waals surface area (Å²) < 4.78 is 5.37. The number of hydrogen-bond acceptors (Lipinski definition) is 6. The largest absolute Gasteiger partial charge is 0.495 e. The molecule has 1 aromatic heterocycles. The topological polar surface area (TPSA) is 83.6 Å². The highest BCUT2D eigenvalue weighted by Crippen LogP contribution is 2.29. The number of carbonyl (C=O) groups is 2. The highest BCUT2D eigenvalue weighted by atomic mass is 32.1. The Kier molecular flexibility index (Phi) is 8.83. The summed E-state index contributed by atoms with van der Waals surface area (Å²) in [5.41, 5.74) is 2.11. The standard InChI is InChI=1S/C25H30N4O3S/c1-18(2)15-26-23(30)13-14-29(16-19-9-5-4-6-10-19)24(31)21-17-33-25(28-21)27-20-11-7-8-12-22(20)32-3/h4-12,17-18H,13-16H2,1-3H3,(H,26,30)(H,27,28). The van der Waals surface area contributed by atoms with Crippen molar-refractivity contribution in [2.75, 3.05) is 25.5 Å². The third-order valence-electron chi connectivity index (χ3n) is 4.89. The first-order chi connectivity index (χ1) is 16.0. The Morgan fingerprint density at radius 3 is 2.55 bits per heavy atom. The summed E-state index contributed by atoms with van der Waals surface area (Å²) in [6, 6.07) is 17.3. The molecule has 174 valence electrons. The fourth-order valence-corrected chi connectivity index (χ4v) is 3.85. The first kappa shape index (κ1) is 24.3. The lowest BCUT2D eigenvalue weighted by Gasteiger charge is -2.22. The Morgan fingerprint density at radius 1 is 1.09 bits per heavy atom. The minimum Gasteiger partial charge on any atom is -0.495 e. The van der Waals surface area contributed by atoms with Crippen LogP contribution in [0.4, 0.5) is 10.8 Å². The fraction of sp³-hybridized carbons (Fsp3) is 0.320. The van der Waals surface area contributed by atoms with E-state index in [0.29, 0.717) is 42.1 Å². The highest BCUT2D eigenvalue weighted by Gasteiger charge is 2.20. The van der Waals surface area contributed by atoms with Gasteiger partial charge >= 0.3 is 0 Å². The Bertz CT molecular complexity index is 1050. The van der Waals surface area contributed by atoms with Gasteiger partial charge in [-0.1, -0.05) is 56.3 Å². The zero-order valence-electron chi connectivity index (χ0n) is 19.2. The predicted molar refractivity (Wildman–Crippen MR) is 132 cm³/mol. The molecule has 3 rings (SSSR count). The van der Waals surface area contributed by atoms with E-state index in [1.165, 1.54) is 11.3 Å². The lowest BCUT2D eigenvalue weighted by Crippen LogP contribution is -2.36. The predicted octanol–water partition coefficient (Wildman–Crippen LogP) is 4.70. The van der Waals surface area contributed by atoms with Gasteiger partial charge in [0.2, 0.25) is 5.91 Å². The molecule has 7 nitrogen and oxygen atoms in total. The third-order valence-corrected chi connectivity index (χ3v) is 5.65. The minimum absolute atomic E-state index is 0.0635. The number of ether oxygens (including phenoxy) is 1. The smallest absolute Gasteiger partial charge is 0.273 e. The van der Waals surface area contributed by atoms with Gasteiger partial charge in [0, 0.05) is 31.4 Å². The van der Waals surface area contributed by atoms with Gasteiger partial charge in [0.25, 0.3) is 5.91 Å². The third kappa shape index (κ3) is 7.32. The SMILES string of the molecule is COc1ccccc1Nc1nc(C(=O)N(CCC(=O)NCC(C)C)Cc2ccccc2)cs1. The van der Waals surface area contributed by atoms with Crippen molar-refractivity contribution in [3.8, 4) is 5.75 Å². The van der Waals surface area contributed by atoms with Crippen molar-refractivity contribution >= 4 is 34.0 Å². The average Bonchev–Trinajstić information content (AvgIpc) is 3.29. The van der Waals surface area contributed by atoms with Crippen molar-refractivity contribution in [2.24, 2.45) is 5.92 Å². The summed E-state index contributed by atoms with van der Waals surface area (Å²) >= 11 is 1.35. The van der Waals surface area contributed by atoms with Crippen molar-refractivity contribution in [1.82, 2.24) is 15.2 Å². The van der Waals surface area contributed by atoms with Crippen LogP contribution in [-0.2, 0) is 11.3 Å². The Hall–Kier alpha value is -3.39. The van der Waals surface area contributed by atoms with Crippen LogP contribution < -0.4 is 15.4 Å². The second-order valence-electron chi connectivity index (χ2n) is 8.02. The van der Waals surface area contributed by atoms with Gasteiger partial charge in [-0.25, -0.2) is 4.98 Å². The van der Waals surface area contributed by atoms with Crippen molar-refractivity contribution in [3.05, 3.63) is 71.2 Å². The van der Waals surface area contributed by atoms with Crippen LogP contribution in [-0.4, -0.2) is 41.9 Å². The number of benzene rings is 2. The van der Waals surface area contributed by atoms with Crippen LogP contribution in [0.25, 0.3) is 0 Å². The van der Waals surface area contributed by atoms with Gasteiger partial charge in [0.1, 0.15) is 11.4 Å². The minimum atomic E-state index is -0.208. The molecule has 2 aromatic carbocycles. The number of hydrogen-bond donors (Lipinski definition) is 2. The fourth-order valence-electron chi connectivity index (χ4n) is 3.15. The Morgan fingerprint density at radius 2 is 1.82 bits per heavy atom. The zero-order valence-corrected chi connectivity index (χ0v) is 20.0. The molecule has 2 N–H and O–H groups in total. The molecule has 33 heavy (non-hydrogen) atoms. The lowest BCUT2D eigenvalue weighted by atomic mass is 10.2.